The van der Waals surface area contributed by atoms with E-state index in [9.17, 15) is 0 Å². The molecule has 3 aromatic rings. The van der Waals surface area contributed by atoms with Crippen molar-refractivity contribution >= 4 is 11.3 Å². The van der Waals surface area contributed by atoms with E-state index in [1.54, 1.807) is 0 Å². The topological polar surface area (TPSA) is 56.2 Å². The van der Waals surface area contributed by atoms with Crippen LogP contribution in [0.25, 0.3) is 5.65 Å². The number of anilines is 1. The molecule has 0 saturated carbocycles. The Bertz CT molecular complexity index is 701. The molecule has 2 aromatic heterocycles. The van der Waals surface area contributed by atoms with Gasteiger partial charge in [-0.2, -0.15) is 0 Å². The van der Waals surface area contributed by atoms with E-state index in [0.717, 1.165) is 35.6 Å². The second-order valence-corrected chi connectivity index (χ2v) is 4.74. The van der Waals surface area contributed by atoms with Gasteiger partial charge in [0.25, 0.3) is 0 Å². The van der Waals surface area contributed by atoms with Crippen molar-refractivity contribution in [3.05, 3.63) is 59.5 Å². The first-order chi connectivity index (χ1) is 9.24. The molecule has 2 N–H and O–H groups in total. The molecule has 4 nitrogen and oxygen atoms in total. The van der Waals surface area contributed by atoms with E-state index in [-0.39, 0.29) is 0 Å². The molecule has 0 amide bonds. The van der Waals surface area contributed by atoms with Crippen molar-refractivity contribution < 1.29 is 0 Å². The molecule has 19 heavy (non-hydrogen) atoms. The van der Waals surface area contributed by atoms with Gasteiger partial charge >= 0.3 is 0 Å². The van der Waals surface area contributed by atoms with Gasteiger partial charge in [0.15, 0.2) is 5.65 Å². The Hall–Kier alpha value is -2.36. The summed E-state index contributed by atoms with van der Waals surface area (Å²) in [6.45, 7) is 1.98. The zero-order valence-corrected chi connectivity index (χ0v) is 10.9. The second kappa shape index (κ2) is 4.72. The third kappa shape index (κ3) is 2.29. The van der Waals surface area contributed by atoms with Crippen LogP contribution in [0, 0.1) is 6.92 Å². The van der Waals surface area contributed by atoms with Crippen LogP contribution in [0.1, 0.15) is 17.0 Å². The number of fused-ring (bicyclic) bond motifs is 1. The van der Waals surface area contributed by atoms with E-state index in [0.29, 0.717) is 0 Å². The molecule has 0 aliphatic rings. The Morgan fingerprint density at radius 2 is 1.89 bits per heavy atom. The van der Waals surface area contributed by atoms with E-state index >= 15 is 0 Å². The van der Waals surface area contributed by atoms with Gasteiger partial charge in [0.1, 0.15) is 5.82 Å². The molecular weight excluding hydrogens is 236 g/mol. The van der Waals surface area contributed by atoms with Gasteiger partial charge in [-0.05, 0) is 30.5 Å². The summed E-state index contributed by atoms with van der Waals surface area (Å²) in [6.07, 6.45) is 3.72. The first kappa shape index (κ1) is 11.7. The number of nitrogen functional groups attached to an aromatic ring is 1. The van der Waals surface area contributed by atoms with E-state index in [1.807, 2.05) is 29.7 Å². The average Bonchev–Trinajstić information content (AvgIpc) is 2.80. The van der Waals surface area contributed by atoms with Crippen LogP contribution in [0.4, 0.5) is 5.69 Å². The highest BCUT2D eigenvalue weighted by Crippen LogP contribution is 2.15. The maximum Gasteiger partial charge on any atom is 0.161 e. The van der Waals surface area contributed by atoms with Crippen LogP contribution >= 0.6 is 0 Å². The molecule has 0 aliphatic heterocycles. The van der Waals surface area contributed by atoms with Crippen LogP contribution in [0.2, 0.25) is 0 Å². The minimum atomic E-state index is 0.772. The van der Waals surface area contributed by atoms with Crippen molar-refractivity contribution in [3.63, 3.8) is 0 Å². The molecule has 0 fully saturated rings. The molecule has 1 aromatic carbocycles. The molecule has 96 valence electrons. The van der Waals surface area contributed by atoms with Crippen LogP contribution in [0.15, 0.2) is 42.6 Å². The van der Waals surface area contributed by atoms with Gasteiger partial charge in [-0.1, -0.05) is 30.3 Å². The summed E-state index contributed by atoms with van der Waals surface area (Å²) >= 11 is 0. The lowest BCUT2D eigenvalue weighted by Crippen LogP contribution is -2.00. The molecule has 0 spiro atoms. The number of aromatic nitrogens is 3. The molecule has 0 atom stereocenters. The lowest BCUT2D eigenvalue weighted by atomic mass is 10.1. The molecule has 0 bridgehead atoms. The summed E-state index contributed by atoms with van der Waals surface area (Å²) in [5.74, 6) is 0.950. The Morgan fingerprint density at radius 3 is 2.68 bits per heavy atom. The number of hydrogen-bond donors (Lipinski definition) is 1. The number of benzene rings is 1. The van der Waals surface area contributed by atoms with Crippen LogP contribution in [0.5, 0.6) is 0 Å². The second-order valence-electron chi connectivity index (χ2n) is 4.74. The predicted octanol–water partition coefficient (Wildman–Crippen LogP) is 2.41. The molecule has 0 unspecified atom stereocenters. The summed E-state index contributed by atoms with van der Waals surface area (Å²) < 4.78 is 1.98. The van der Waals surface area contributed by atoms with Crippen molar-refractivity contribution in [2.45, 2.75) is 19.8 Å². The van der Waals surface area contributed by atoms with Crippen LogP contribution in [-0.2, 0) is 12.8 Å². The van der Waals surface area contributed by atoms with E-state index in [1.165, 1.54) is 5.56 Å². The van der Waals surface area contributed by atoms with Crippen molar-refractivity contribution in [2.24, 2.45) is 0 Å². The zero-order chi connectivity index (χ0) is 13.2. The fourth-order valence-electron chi connectivity index (χ4n) is 2.17. The highest BCUT2D eigenvalue weighted by atomic mass is 15.2. The maximum absolute atomic E-state index is 5.94. The summed E-state index contributed by atoms with van der Waals surface area (Å²) in [5.41, 5.74) is 9.91. The smallest absolute Gasteiger partial charge is 0.161 e. The fourth-order valence-corrected chi connectivity index (χ4v) is 2.17. The maximum atomic E-state index is 5.94. The first-order valence-corrected chi connectivity index (χ1v) is 6.38. The lowest BCUT2D eigenvalue weighted by molar-refractivity contribution is 0.839. The van der Waals surface area contributed by atoms with Crippen molar-refractivity contribution in [2.75, 3.05) is 5.73 Å². The van der Waals surface area contributed by atoms with Crippen LogP contribution < -0.4 is 5.73 Å². The number of hydrogen-bond acceptors (Lipinski definition) is 3. The minimum absolute atomic E-state index is 0.772. The number of nitrogens with zero attached hydrogens (tertiary/aromatic N) is 3. The van der Waals surface area contributed by atoms with Crippen molar-refractivity contribution in [1.29, 1.82) is 0 Å². The molecule has 0 saturated heterocycles. The van der Waals surface area contributed by atoms with Gasteiger partial charge in [0, 0.05) is 12.6 Å². The largest absolute Gasteiger partial charge is 0.397 e. The van der Waals surface area contributed by atoms with E-state index < -0.39 is 0 Å². The summed E-state index contributed by atoms with van der Waals surface area (Å²) in [4.78, 5) is 0. The van der Waals surface area contributed by atoms with Crippen LogP contribution in [-0.4, -0.2) is 14.6 Å². The molecule has 2 heterocycles. The lowest BCUT2D eigenvalue weighted by Gasteiger charge is -2.04. The van der Waals surface area contributed by atoms with Gasteiger partial charge < -0.3 is 5.73 Å². The fraction of sp³-hybridized carbons (Fsp3) is 0.200. The number of nitrogens with two attached hydrogens (primary N) is 1. The summed E-state index contributed by atoms with van der Waals surface area (Å²) in [7, 11) is 0. The monoisotopic (exact) mass is 252 g/mol. The number of aryl methyl sites for hydroxylation is 3. The van der Waals surface area contributed by atoms with Crippen LogP contribution in [0.3, 0.4) is 0 Å². The van der Waals surface area contributed by atoms with Gasteiger partial charge in [0.05, 0.1) is 5.69 Å². The van der Waals surface area contributed by atoms with Crippen molar-refractivity contribution in [1.82, 2.24) is 14.6 Å². The van der Waals surface area contributed by atoms with Gasteiger partial charge in [-0.15, -0.1) is 10.2 Å². The quantitative estimate of drug-likeness (QED) is 0.778. The summed E-state index contributed by atoms with van der Waals surface area (Å²) in [5, 5.41) is 8.44. The minimum Gasteiger partial charge on any atom is -0.397 e. The Morgan fingerprint density at radius 1 is 1.11 bits per heavy atom. The van der Waals surface area contributed by atoms with Gasteiger partial charge in [-0.3, -0.25) is 4.40 Å². The SMILES string of the molecule is Cc1cc2nnc(CCc3ccccc3)n2cc1N. The standard InChI is InChI=1S/C15H16N4/c1-11-9-15-18-17-14(19(15)10-13(11)16)8-7-12-5-3-2-4-6-12/h2-6,9-10H,7-8,16H2,1H3. The highest BCUT2D eigenvalue weighted by molar-refractivity contribution is 5.53. The van der Waals surface area contributed by atoms with Crippen molar-refractivity contribution in [3.8, 4) is 0 Å². The van der Waals surface area contributed by atoms with E-state index in [2.05, 4.69) is 34.5 Å². The first-order valence-electron chi connectivity index (χ1n) is 6.38. The van der Waals surface area contributed by atoms with Gasteiger partial charge in [-0.25, -0.2) is 0 Å². The Labute approximate surface area is 111 Å². The molecule has 4 heteroatoms. The number of rotatable bonds is 3. The average molecular weight is 252 g/mol. The molecular formula is C15H16N4. The summed E-state index contributed by atoms with van der Waals surface area (Å²) in [6, 6.07) is 12.4. The van der Waals surface area contributed by atoms with E-state index in [4.69, 9.17) is 5.73 Å². The predicted molar refractivity (Wildman–Crippen MR) is 76.0 cm³/mol. The van der Waals surface area contributed by atoms with Gasteiger partial charge in [0.2, 0.25) is 0 Å². The Kier molecular flexibility index (Phi) is 2.91. The third-order valence-corrected chi connectivity index (χ3v) is 3.34. The zero-order valence-electron chi connectivity index (χ0n) is 10.9. The third-order valence-electron chi connectivity index (χ3n) is 3.34. The molecule has 0 radical (unpaired) electrons. The number of pyridine rings is 1. The molecule has 3 rings (SSSR count). The Balaban J connectivity index is 1.87. The highest BCUT2D eigenvalue weighted by Gasteiger charge is 2.07. The normalized spacial score (nSPS) is 11.0. The molecule has 0 aliphatic carbocycles.